The second-order valence-electron chi connectivity index (χ2n) is 13.4. The number of rotatable bonds is 8. The van der Waals surface area contributed by atoms with Gasteiger partial charge in [0, 0.05) is 55.5 Å². The van der Waals surface area contributed by atoms with Crippen molar-refractivity contribution >= 4 is 17.8 Å². The summed E-state index contributed by atoms with van der Waals surface area (Å²) in [5, 5.41) is 20.8. The van der Waals surface area contributed by atoms with Crippen molar-refractivity contribution in [1.29, 1.82) is 0 Å². The van der Waals surface area contributed by atoms with Crippen molar-refractivity contribution in [3.05, 3.63) is 94.8 Å². The molecule has 1 amide bonds. The zero-order valence-electron chi connectivity index (χ0n) is 29.4. The molecule has 2 fully saturated rings. The topological polar surface area (TPSA) is 119 Å². The Hall–Kier alpha value is -4.54. The van der Waals surface area contributed by atoms with Crippen molar-refractivity contribution < 1.29 is 59.8 Å². The van der Waals surface area contributed by atoms with Gasteiger partial charge in [-0.2, -0.15) is 26.3 Å². The predicted molar refractivity (Wildman–Crippen MR) is 183 cm³/mol. The Morgan fingerprint density at radius 3 is 2.06 bits per heavy atom. The maximum absolute atomic E-state index is 14.9. The molecular formula is C37H44F7N4O5+. The Labute approximate surface area is 303 Å². The number of alkyl halides is 6. The fraction of sp³-hybridized carbons (Fsp3) is 0.432. The molecule has 2 heterocycles. The quantitative estimate of drug-likeness (QED) is 0.151. The van der Waals surface area contributed by atoms with Crippen LogP contribution in [0.5, 0.6) is 0 Å². The molecule has 0 unspecified atom stereocenters. The summed E-state index contributed by atoms with van der Waals surface area (Å²) in [6.45, 7) is 9.77. The zero-order valence-corrected chi connectivity index (χ0v) is 29.4. The number of carbonyl (C=O) groups excluding carboxylic acids is 1. The Bertz CT molecular complexity index is 1670. The molecule has 4 N–H and O–H groups in total. The van der Waals surface area contributed by atoms with Crippen molar-refractivity contribution in [1.82, 2.24) is 15.5 Å². The first-order valence-electron chi connectivity index (χ1n) is 16.9. The number of piperidine rings is 1. The van der Waals surface area contributed by atoms with Crippen LogP contribution in [0.15, 0.2) is 66.7 Å². The van der Waals surface area contributed by atoms with E-state index in [1.165, 1.54) is 49.5 Å². The maximum Gasteiger partial charge on any atom is 0.490 e. The molecule has 3 aromatic carbocycles. The van der Waals surface area contributed by atoms with E-state index in [-0.39, 0.29) is 11.7 Å². The number of aliphatic carboxylic acids is 2. The molecule has 9 nitrogen and oxygen atoms in total. The third-order valence-electron chi connectivity index (χ3n) is 8.72. The van der Waals surface area contributed by atoms with E-state index in [1.807, 2.05) is 36.4 Å². The van der Waals surface area contributed by atoms with Gasteiger partial charge in [-0.3, -0.25) is 9.69 Å². The van der Waals surface area contributed by atoms with E-state index >= 15 is 0 Å². The van der Waals surface area contributed by atoms with Crippen LogP contribution < -0.4 is 10.6 Å². The highest BCUT2D eigenvalue weighted by Crippen LogP contribution is 2.26. The highest BCUT2D eigenvalue weighted by Gasteiger charge is 2.39. The van der Waals surface area contributed by atoms with Crippen molar-refractivity contribution in [3.63, 3.8) is 0 Å². The number of hydrogen-bond acceptors (Lipinski definition) is 5. The monoisotopic (exact) mass is 757 g/mol. The molecule has 0 aromatic heterocycles. The van der Waals surface area contributed by atoms with Gasteiger partial charge in [0.1, 0.15) is 12.4 Å². The Kier molecular flexibility index (Phi) is 15.4. The summed E-state index contributed by atoms with van der Waals surface area (Å²) in [6.07, 6.45) is -6.30. The van der Waals surface area contributed by atoms with Crippen LogP contribution in [-0.2, 0) is 29.2 Å². The zero-order chi connectivity index (χ0) is 39.4. The third-order valence-corrected chi connectivity index (χ3v) is 8.72. The van der Waals surface area contributed by atoms with Gasteiger partial charge in [0.05, 0.1) is 20.1 Å². The second-order valence-corrected chi connectivity index (χ2v) is 13.4. The van der Waals surface area contributed by atoms with Crippen LogP contribution in [0.4, 0.5) is 30.7 Å². The van der Waals surface area contributed by atoms with Gasteiger partial charge in [0.15, 0.2) is 0 Å². The first-order valence-corrected chi connectivity index (χ1v) is 16.9. The summed E-state index contributed by atoms with van der Waals surface area (Å²) in [4.78, 5) is 33.2. The summed E-state index contributed by atoms with van der Waals surface area (Å²) < 4.78 is 79.4. The lowest BCUT2D eigenvalue weighted by Gasteiger charge is -2.37. The normalized spacial score (nSPS) is 17.3. The molecule has 0 aliphatic carbocycles. The number of hydrogen-bond donors (Lipinski definition) is 4. The number of halogens is 7. The number of amides is 1. The van der Waals surface area contributed by atoms with E-state index < -0.39 is 24.3 Å². The fourth-order valence-corrected chi connectivity index (χ4v) is 6.12. The Morgan fingerprint density at radius 2 is 1.45 bits per heavy atom. The van der Waals surface area contributed by atoms with Gasteiger partial charge in [-0.1, -0.05) is 36.4 Å². The summed E-state index contributed by atoms with van der Waals surface area (Å²) in [5.74, 6) is -5.86. The van der Waals surface area contributed by atoms with Gasteiger partial charge in [-0.05, 0) is 73.2 Å². The van der Waals surface area contributed by atoms with Gasteiger partial charge in [-0.25, -0.2) is 14.0 Å². The summed E-state index contributed by atoms with van der Waals surface area (Å²) in [6, 6.07) is 21.8. The minimum Gasteiger partial charge on any atom is -0.475 e. The number of benzene rings is 3. The number of carboxylic acid groups (broad SMARTS) is 2. The first-order chi connectivity index (χ1) is 24.8. The largest absolute Gasteiger partial charge is 0.490 e. The van der Waals surface area contributed by atoms with Gasteiger partial charge in [-0.15, -0.1) is 0 Å². The van der Waals surface area contributed by atoms with E-state index in [4.69, 9.17) is 19.8 Å². The average Bonchev–Trinajstić information content (AvgIpc) is 3.08. The molecule has 0 bridgehead atoms. The minimum absolute atomic E-state index is 0.101. The summed E-state index contributed by atoms with van der Waals surface area (Å²) in [7, 11) is 2.32. The molecule has 1 atom stereocenters. The highest BCUT2D eigenvalue weighted by molar-refractivity contribution is 5.94. The molecule has 0 saturated carbocycles. The smallest absolute Gasteiger partial charge is 0.475 e. The lowest BCUT2D eigenvalue weighted by Crippen LogP contribution is -2.48. The molecule has 5 rings (SSSR count). The lowest BCUT2D eigenvalue weighted by molar-refractivity contribution is -0.926. The molecule has 2 aliphatic rings. The molecule has 53 heavy (non-hydrogen) atoms. The molecule has 0 radical (unpaired) electrons. The molecule has 3 aromatic rings. The van der Waals surface area contributed by atoms with Crippen molar-refractivity contribution in [3.8, 4) is 11.1 Å². The van der Waals surface area contributed by atoms with Gasteiger partial charge >= 0.3 is 24.3 Å². The molecule has 2 aliphatic heterocycles. The molecule has 0 spiro atoms. The molecule has 16 heteroatoms. The Morgan fingerprint density at radius 1 is 0.849 bits per heavy atom. The van der Waals surface area contributed by atoms with Crippen LogP contribution in [0.3, 0.4) is 0 Å². The Balaban J connectivity index is 0.000000458. The van der Waals surface area contributed by atoms with Gasteiger partial charge in [0.2, 0.25) is 0 Å². The van der Waals surface area contributed by atoms with Crippen molar-refractivity contribution in [2.45, 2.75) is 64.2 Å². The van der Waals surface area contributed by atoms with Crippen LogP contribution in [0.2, 0.25) is 0 Å². The summed E-state index contributed by atoms with van der Waals surface area (Å²) in [5.41, 5.74) is 5.37. The second kappa shape index (κ2) is 19.0. The van der Waals surface area contributed by atoms with E-state index in [0.29, 0.717) is 23.7 Å². The van der Waals surface area contributed by atoms with E-state index in [1.54, 1.807) is 6.07 Å². The summed E-state index contributed by atoms with van der Waals surface area (Å²) >= 11 is 0. The number of nitrogens with zero attached hydrogens (tertiary/aromatic N) is 2. The number of nitrogens with one attached hydrogen (secondary N) is 2. The third kappa shape index (κ3) is 14.4. The SMILES string of the molecule is C[C@H]1CN(Cc2cccc(-c3cc(CNC(=O)c4cccc(C[N+]5(C)CCCCC5)c4)ccc3F)c2)CCN1.O=C(O)C(F)(F)F.O=C(O)C(F)(F)F. The predicted octanol–water partition coefficient (Wildman–Crippen LogP) is 6.61. The number of likely N-dealkylation sites (tertiary alicyclic amines) is 1. The van der Waals surface area contributed by atoms with Crippen LogP contribution in [0.1, 0.15) is 53.2 Å². The number of piperazine rings is 1. The van der Waals surface area contributed by atoms with Crippen LogP contribution in [-0.4, -0.2) is 95.6 Å². The van der Waals surface area contributed by atoms with E-state index in [9.17, 15) is 35.5 Å². The molecular weight excluding hydrogens is 713 g/mol. The van der Waals surface area contributed by atoms with Crippen LogP contribution in [0.25, 0.3) is 11.1 Å². The van der Waals surface area contributed by atoms with Gasteiger partial charge in [0.25, 0.3) is 5.91 Å². The van der Waals surface area contributed by atoms with E-state index in [2.05, 4.69) is 47.7 Å². The van der Waals surface area contributed by atoms with Crippen LogP contribution >= 0.6 is 0 Å². The highest BCUT2D eigenvalue weighted by atomic mass is 19.4. The van der Waals surface area contributed by atoms with Crippen molar-refractivity contribution in [2.24, 2.45) is 0 Å². The first kappa shape index (κ1) is 42.9. The standard InChI is InChI=1S/C33H41FN4O.2C2HF3O2/c1-25-22-37(15-14-35-25)23-27-8-6-10-29(18-27)31-20-26(12-13-32(31)34)21-36-33(39)30-11-7-9-28(19-30)24-38(2)16-4-3-5-17-38;2*3-2(4,5)1(6)7/h6-13,18-20,25,35H,3-5,14-17,21-24H2,1-2H3;2*(H,6,7)/p+1/t25-;;/m0../s1. The van der Waals surface area contributed by atoms with Crippen LogP contribution in [0, 0.1) is 5.82 Å². The number of quaternary nitrogens is 1. The average molecular weight is 758 g/mol. The van der Waals surface area contributed by atoms with Gasteiger partial charge < -0.3 is 25.3 Å². The minimum atomic E-state index is -5.08. The molecule has 290 valence electrons. The fourth-order valence-electron chi connectivity index (χ4n) is 6.12. The number of carbonyl (C=O) groups is 3. The van der Waals surface area contributed by atoms with E-state index in [0.717, 1.165) is 48.3 Å². The number of carboxylic acids is 2. The van der Waals surface area contributed by atoms with Crippen molar-refractivity contribution in [2.75, 3.05) is 39.8 Å². The molecule has 2 saturated heterocycles. The maximum atomic E-state index is 14.9. The lowest BCUT2D eigenvalue weighted by atomic mass is 10.00.